The Kier molecular flexibility index (Phi) is 5.19. The van der Waals surface area contributed by atoms with Gasteiger partial charge in [0.1, 0.15) is 0 Å². The number of aryl methyl sites for hydroxylation is 1. The quantitative estimate of drug-likeness (QED) is 0.638. The van der Waals surface area contributed by atoms with Crippen molar-refractivity contribution in [2.75, 3.05) is 23.5 Å². The Balaban J connectivity index is 2.65. The highest BCUT2D eigenvalue weighted by Crippen LogP contribution is 2.18. The Morgan fingerprint density at radius 2 is 2.20 bits per heavy atom. The van der Waals surface area contributed by atoms with Gasteiger partial charge < -0.3 is 5.73 Å². The molecular formula is C11H17NOS2. The lowest BCUT2D eigenvalue weighted by Crippen LogP contribution is -2.03. The van der Waals surface area contributed by atoms with E-state index in [1.165, 1.54) is 0 Å². The van der Waals surface area contributed by atoms with Crippen molar-refractivity contribution in [3.05, 3.63) is 23.8 Å². The fourth-order valence-electron chi connectivity index (χ4n) is 1.32. The first kappa shape index (κ1) is 12.6. The first-order valence-electron chi connectivity index (χ1n) is 4.88. The number of benzene rings is 1. The summed E-state index contributed by atoms with van der Waals surface area (Å²) < 4.78 is 11.9. The fourth-order valence-corrected chi connectivity index (χ4v) is 3.10. The highest BCUT2D eigenvalue weighted by Gasteiger charge is 2.07. The molecular weight excluding hydrogens is 226 g/mol. The summed E-state index contributed by atoms with van der Waals surface area (Å²) in [4.78, 5) is 0.779. The van der Waals surface area contributed by atoms with Gasteiger partial charge in [0.25, 0.3) is 0 Å². The monoisotopic (exact) mass is 243 g/mol. The van der Waals surface area contributed by atoms with Crippen LogP contribution in [0, 0.1) is 6.92 Å². The SMILES string of the molecule is CSCCCS(=O)c1ccc(C)cc1N. The van der Waals surface area contributed by atoms with Crippen LogP contribution in [-0.4, -0.2) is 22.0 Å². The molecule has 1 unspecified atom stereocenters. The molecule has 4 heteroatoms. The summed E-state index contributed by atoms with van der Waals surface area (Å²) in [5, 5.41) is 0. The van der Waals surface area contributed by atoms with Gasteiger partial charge in [-0.25, -0.2) is 0 Å². The highest BCUT2D eigenvalue weighted by molar-refractivity contribution is 7.98. The molecule has 0 aliphatic heterocycles. The van der Waals surface area contributed by atoms with Crippen LogP contribution in [0.2, 0.25) is 0 Å². The molecule has 84 valence electrons. The Bertz CT molecular complexity index is 352. The minimum Gasteiger partial charge on any atom is -0.398 e. The smallest absolute Gasteiger partial charge is 0.0617 e. The van der Waals surface area contributed by atoms with Crippen molar-refractivity contribution in [2.45, 2.75) is 18.2 Å². The van der Waals surface area contributed by atoms with Gasteiger partial charge in [0, 0.05) is 11.4 Å². The molecule has 1 atom stereocenters. The molecule has 15 heavy (non-hydrogen) atoms. The molecule has 0 bridgehead atoms. The Morgan fingerprint density at radius 3 is 2.80 bits per heavy atom. The zero-order chi connectivity index (χ0) is 11.3. The van der Waals surface area contributed by atoms with Crippen molar-refractivity contribution < 1.29 is 4.21 Å². The lowest BCUT2D eigenvalue weighted by atomic mass is 10.2. The van der Waals surface area contributed by atoms with Crippen LogP contribution in [0.15, 0.2) is 23.1 Å². The first-order valence-corrected chi connectivity index (χ1v) is 7.60. The molecule has 0 radical (unpaired) electrons. The first-order chi connectivity index (χ1) is 7.15. The topological polar surface area (TPSA) is 43.1 Å². The van der Waals surface area contributed by atoms with E-state index >= 15 is 0 Å². The normalized spacial score (nSPS) is 12.7. The molecule has 0 aliphatic rings. The standard InChI is InChI=1S/C11H17NOS2/c1-9-4-5-11(10(12)8-9)15(13)7-3-6-14-2/h4-5,8H,3,6-7,12H2,1-2H3. The summed E-state index contributed by atoms with van der Waals surface area (Å²) in [7, 11) is -0.943. The number of anilines is 1. The van der Waals surface area contributed by atoms with E-state index in [0.29, 0.717) is 11.4 Å². The summed E-state index contributed by atoms with van der Waals surface area (Å²) in [6.45, 7) is 1.98. The second kappa shape index (κ2) is 6.18. The van der Waals surface area contributed by atoms with Crippen LogP contribution in [0.25, 0.3) is 0 Å². The molecule has 0 spiro atoms. The molecule has 0 aliphatic carbocycles. The number of rotatable bonds is 5. The van der Waals surface area contributed by atoms with Crippen molar-refractivity contribution >= 4 is 28.2 Å². The zero-order valence-electron chi connectivity index (χ0n) is 9.16. The van der Waals surface area contributed by atoms with E-state index < -0.39 is 10.8 Å². The molecule has 0 saturated heterocycles. The molecule has 0 aromatic heterocycles. The molecule has 1 aromatic carbocycles. The highest BCUT2D eigenvalue weighted by atomic mass is 32.2. The maximum Gasteiger partial charge on any atom is 0.0617 e. The molecule has 0 amide bonds. The maximum absolute atomic E-state index is 11.9. The molecule has 2 nitrogen and oxygen atoms in total. The molecule has 1 aromatic rings. The average Bonchev–Trinajstić information content (AvgIpc) is 2.17. The van der Waals surface area contributed by atoms with Crippen molar-refractivity contribution in [3.8, 4) is 0 Å². The van der Waals surface area contributed by atoms with E-state index in [9.17, 15) is 4.21 Å². The largest absolute Gasteiger partial charge is 0.398 e. The van der Waals surface area contributed by atoms with Crippen LogP contribution in [0.1, 0.15) is 12.0 Å². The minimum atomic E-state index is -0.943. The van der Waals surface area contributed by atoms with Crippen molar-refractivity contribution in [3.63, 3.8) is 0 Å². The predicted octanol–water partition coefficient (Wildman–Crippen LogP) is 2.44. The molecule has 0 fully saturated rings. The van der Waals surface area contributed by atoms with Crippen LogP contribution in [0.3, 0.4) is 0 Å². The molecule has 1 rings (SSSR count). The maximum atomic E-state index is 11.9. The van der Waals surface area contributed by atoms with E-state index in [1.54, 1.807) is 11.8 Å². The van der Waals surface area contributed by atoms with Gasteiger partial charge in [0.2, 0.25) is 0 Å². The third-order valence-corrected chi connectivity index (χ3v) is 4.31. The second-order valence-electron chi connectivity index (χ2n) is 3.44. The Labute approximate surface area is 98.1 Å². The zero-order valence-corrected chi connectivity index (χ0v) is 10.8. The summed E-state index contributed by atoms with van der Waals surface area (Å²) in [5.41, 5.74) is 7.59. The minimum absolute atomic E-state index is 0.650. The molecule has 2 N–H and O–H groups in total. The third-order valence-electron chi connectivity index (χ3n) is 2.09. The van der Waals surface area contributed by atoms with Gasteiger partial charge in [-0.05, 0) is 43.0 Å². The fraction of sp³-hybridized carbons (Fsp3) is 0.455. The summed E-state index contributed by atoms with van der Waals surface area (Å²) >= 11 is 1.78. The van der Waals surface area contributed by atoms with Crippen molar-refractivity contribution in [2.24, 2.45) is 0 Å². The van der Waals surface area contributed by atoms with Gasteiger partial charge in [-0.1, -0.05) is 6.07 Å². The van der Waals surface area contributed by atoms with Crippen LogP contribution in [0.5, 0.6) is 0 Å². The summed E-state index contributed by atoms with van der Waals surface area (Å²) in [6, 6.07) is 5.71. The van der Waals surface area contributed by atoms with E-state index in [1.807, 2.05) is 25.1 Å². The number of hydrogen-bond donors (Lipinski definition) is 1. The number of thioether (sulfide) groups is 1. The Morgan fingerprint density at radius 1 is 1.47 bits per heavy atom. The molecule has 0 saturated carbocycles. The van der Waals surface area contributed by atoms with Crippen LogP contribution < -0.4 is 5.73 Å². The van der Waals surface area contributed by atoms with Gasteiger partial charge in [-0.3, -0.25) is 4.21 Å². The van der Waals surface area contributed by atoms with Crippen LogP contribution in [-0.2, 0) is 10.8 Å². The van der Waals surface area contributed by atoms with Crippen LogP contribution in [0.4, 0.5) is 5.69 Å². The van der Waals surface area contributed by atoms with E-state index in [2.05, 4.69) is 6.26 Å². The average molecular weight is 243 g/mol. The van der Waals surface area contributed by atoms with E-state index in [4.69, 9.17) is 5.73 Å². The van der Waals surface area contributed by atoms with Gasteiger partial charge in [-0.2, -0.15) is 11.8 Å². The van der Waals surface area contributed by atoms with E-state index in [-0.39, 0.29) is 0 Å². The lowest BCUT2D eigenvalue weighted by molar-refractivity contribution is 0.682. The summed E-state index contributed by atoms with van der Waals surface area (Å²) in [6.07, 6.45) is 3.03. The predicted molar refractivity (Wildman–Crippen MR) is 69.9 cm³/mol. The van der Waals surface area contributed by atoms with Crippen molar-refractivity contribution in [1.82, 2.24) is 0 Å². The van der Waals surface area contributed by atoms with Gasteiger partial charge in [0.15, 0.2) is 0 Å². The molecule has 0 heterocycles. The van der Waals surface area contributed by atoms with Gasteiger partial charge in [0.05, 0.1) is 15.7 Å². The second-order valence-corrected chi connectivity index (χ2v) is 5.96. The van der Waals surface area contributed by atoms with Gasteiger partial charge >= 0.3 is 0 Å². The number of nitrogens with two attached hydrogens (primary N) is 1. The Hall–Kier alpha value is -0.480. The van der Waals surface area contributed by atoms with E-state index in [0.717, 1.165) is 22.6 Å². The van der Waals surface area contributed by atoms with Crippen LogP contribution >= 0.6 is 11.8 Å². The van der Waals surface area contributed by atoms with Gasteiger partial charge in [-0.15, -0.1) is 0 Å². The lowest BCUT2D eigenvalue weighted by Gasteiger charge is -2.06. The summed E-state index contributed by atoms with van der Waals surface area (Å²) in [5.74, 6) is 1.76. The number of hydrogen-bond acceptors (Lipinski definition) is 3. The third kappa shape index (κ3) is 3.87. The van der Waals surface area contributed by atoms with Crippen molar-refractivity contribution in [1.29, 1.82) is 0 Å². The number of nitrogen functional groups attached to an aromatic ring is 1.